The minimum atomic E-state index is -4.42. The highest BCUT2D eigenvalue weighted by Crippen LogP contribution is 2.41. The van der Waals surface area contributed by atoms with E-state index in [1.165, 1.54) is 11.0 Å². The molecule has 9 heteroatoms. The third-order valence-corrected chi connectivity index (χ3v) is 6.50. The molecule has 5 rings (SSSR count). The number of carbonyl (C=O) groups excluding carboxylic acids is 1. The lowest BCUT2D eigenvalue weighted by Crippen LogP contribution is -2.42. The van der Waals surface area contributed by atoms with Gasteiger partial charge in [-0.15, -0.1) is 10.2 Å². The van der Waals surface area contributed by atoms with Crippen molar-refractivity contribution in [1.29, 1.82) is 0 Å². The van der Waals surface area contributed by atoms with Crippen LogP contribution in [-0.4, -0.2) is 38.8 Å². The summed E-state index contributed by atoms with van der Waals surface area (Å²) in [5, 5.41) is 8.79. The molecule has 0 radical (unpaired) electrons. The van der Waals surface area contributed by atoms with E-state index in [9.17, 15) is 18.0 Å². The molecule has 2 amide bonds. The number of hydrogen-bond acceptors (Lipinski definition) is 3. The normalized spacial score (nSPS) is 21.5. The van der Waals surface area contributed by atoms with Crippen LogP contribution in [0.25, 0.3) is 0 Å². The van der Waals surface area contributed by atoms with Gasteiger partial charge in [-0.25, -0.2) is 4.79 Å². The molecule has 1 aromatic heterocycles. The number of likely N-dealkylation sites (tertiary alicyclic amines) is 1. The second-order valence-electron chi connectivity index (χ2n) is 8.27. The number of nitrogens with zero attached hydrogens (tertiary/aromatic N) is 5. The highest BCUT2D eigenvalue weighted by Gasteiger charge is 2.41. The average Bonchev–Trinajstić information content (AvgIpc) is 3.41. The Morgan fingerprint density at radius 3 is 2.70 bits per heavy atom. The Bertz CT molecular complexity index is 970. The first-order chi connectivity index (χ1) is 14.4. The molecule has 1 aromatic carbocycles. The van der Waals surface area contributed by atoms with Gasteiger partial charge in [-0.3, -0.25) is 4.90 Å². The highest BCUT2D eigenvalue weighted by atomic mass is 19.4. The third-order valence-electron chi connectivity index (χ3n) is 6.50. The summed E-state index contributed by atoms with van der Waals surface area (Å²) in [4.78, 5) is 16.7. The van der Waals surface area contributed by atoms with Crippen molar-refractivity contribution >= 4 is 11.7 Å². The van der Waals surface area contributed by atoms with Crippen LogP contribution in [0.5, 0.6) is 0 Å². The fourth-order valence-corrected chi connectivity index (χ4v) is 5.07. The summed E-state index contributed by atoms with van der Waals surface area (Å²) >= 11 is 0. The van der Waals surface area contributed by atoms with Gasteiger partial charge in [-0.05, 0) is 49.8 Å². The standard InChI is InChI=1S/C21H24F3N5O/c22-21(23,24)15-6-4-7-16-14(15)10-13-28(16)20(30)27-12-5-8-17(27)19-26-25-18-9-2-1-3-11-29(18)19/h4,6-7,17H,1-3,5,8-13H2. The number of aromatic nitrogens is 3. The number of urea groups is 1. The monoisotopic (exact) mass is 419 g/mol. The summed E-state index contributed by atoms with van der Waals surface area (Å²) in [7, 11) is 0. The number of alkyl halides is 3. The first-order valence-corrected chi connectivity index (χ1v) is 10.6. The molecule has 3 aliphatic heterocycles. The summed E-state index contributed by atoms with van der Waals surface area (Å²) in [6, 6.07) is 3.68. The van der Waals surface area contributed by atoms with Gasteiger partial charge in [0.2, 0.25) is 0 Å². The molecule has 1 unspecified atom stereocenters. The van der Waals surface area contributed by atoms with E-state index in [4.69, 9.17) is 0 Å². The van der Waals surface area contributed by atoms with Crippen LogP contribution in [0.2, 0.25) is 0 Å². The van der Waals surface area contributed by atoms with E-state index in [0.717, 1.165) is 62.8 Å². The first kappa shape index (κ1) is 19.4. The zero-order valence-corrected chi connectivity index (χ0v) is 16.7. The lowest BCUT2D eigenvalue weighted by Gasteiger charge is -2.29. The SMILES string of the molecule is O=C(N1CCc2c1cccc2C(F)(F)F)N1CCCC1c1nnc2n1CCCCC2. The van der Waals surface area contributed by atoms with Crippen LogP contribution in [-0.2, 0) is 25.6 Å². The van der Waals surface area contributed by atoms with Gasteiger partial charge >= 0.3 is 12.2 Å². The summed E-state index contributed by atoms with van der Waals surface area (Å²) in [5.41, 5.74) is -0.0537. The van der Waals surface area contributed by atoms with Gasteiger partial charge in [0.25, 0.3) is 0 Å². The van der Waals surface area contributed by atoms with Crippen LogP contribution < -0.4 is 4.90 Å². The molecule has 1 saturated heterocycles. The molecule has 0 aliphatic carbocycles. The number of carbonyl (C=O) groups is 1. The van der Waals surface area contributed by atoms with Crippen LogP contribution in [0, 0.1) is 0 Å². The molecule has 4 heterocycles. The minimum absolute atomic E-state index is 0.174. The molecule has 0 spiro atoms. The van der Waals surface area contributed by atoms with Crippen molar-refractivity contribution in [2.75, 3.05) is 18.0 Å². The zero-order valence-electron chi connectivity index (χ0n) is 16.7. The first-order valence-electron chi connectivity index (χ1n) is 10.6. The predicted octanol–water partition coefficient (Wildman–Crippen LogP) is 4.34. The molecule has 160 valence electrons. The Labute approximate surface area is 172 Å². The fourth-order valence-electron chi connectivity index (χ4n) is 5.07. The second kappa shape index (κ2) is 7.28. The van der Waals surface area contributed by atoms with E-state index in [1.807, 2.05) is 0 Å². The second-order valence-corrected chi connectivity index (χ2v) is 8.27. The molecule has 0 N–H and O–H groups in total. The topological polar surface area (TPSA) is 54.3 Å². The molecule has 6 nitrogen and oxygen atoms in total. The number of benzene rings is 1. The maximum atomic E-state index is 13.4. The Morgan fingerprint density at radius 2 is 1.87 bits per heavy atom. The fraction of sp³-hybridized carbons (Fsp3) is 0.571. The lowest BCUT2D eigenvalue weighted by atomic mass is 10.0. The Balaban J connectivity index is 1.44. The van der Waals surface area contributed by atoms with E-state index in [1.54, 1.807) is 11.0 Å². The van der Waals surface area contributed by atoms with E-state index in [2.05, 4.69) is 14.8 Å². The van der Waals surface area contributed by atoms with Crippen LogP contribution in [0.1, 0.15) is 60.9 Å². The van der Waals surface area contributed by atoms with E-state index in [0.29, 0.717) is 12.2 Å². The van der Waals surface area contributed by atoms with Gasteiger partial charge in [0, 0.05) is 31.7 Å². The maximum absolute atomic E-state index is 13.4. The van der Waals surface area contributed by atoms with Gasteiger partial charge in [0.1, 0.15) is 5.82 Å². The highest BCUT2D eigenvalue weighted by molar-refractivity contribution is 5.95. The quantitative estimate of drug-likeness (QED) is 0.691. The van der Waals surface area contributed by atoms with Crippen LogP contribution in [0.15, 0.2) is 18.2 Å². The molecule has 1 fully saturated rings. The molecule has 0 saturated carbocycles. The van der Waals surface area contributed by atoms with Crippen molar-refractivity contribution < 1.29 is 18.0 Å². The Morgan fingerprint density at radius 1 is 1.00 bits per heavy atom. The Kier molecular flexibility index (Phi) is 4.71. The van der Waals surface area contributed by atoms with Crippen LogP contribution in [0.3, 0.4) is 0 Å². The van der Waals surface area contributed by atoms with Crippen molar-refractivity contribution in [3.05, 3.63) is 41.0 Å². The van der Waals surface area contributed by atoms with E-state index < -0.39 is 11.7 Å². The number of aryl methyl sites for hydroxylation is 1. The summed E-state index contributed by atoms with van der Waals surface area (Å²) in [6.45, 7) is 1.70. The minimum Gasteiger partial charge on any atom is -0.314 e. The Hall–Kier alpha value is -2.58. The summed E-state index contributed by atoms with van der Waals surface area (Å²) < 4.78 is 42.3. The number of anilines is 1. The van der Waals surface area contributed by atoms with Crippen molar-refractivity contribution in [2.45, 2.75) is 63.7 Å². The van der Waals surface area contributed by atoms with E-state index >= 15 is 0 Å². The van der Waals surface area contributed by atoms with Crippen molar-refractivity contribution in [1.82, 2.24) is 19.7 Å². The number of rotatable bonds is 1. The van der Waals surface area contributed by atoms with Gasteiger partial charge in [-0.1, -0.05) is 12.5 Å². The van der Waals surface area contributed by atoms with Crippen molar-refractivity contribution in [3.8, 4) is 0 Å². The molecule has 0 bridgehead atoms. The van der Waals surface area contributed by atoms with Crippen LogP contribution >= 0.6 is 0 Å². The third kappa shape index (κ3) is 3.15. The van der Waals surface area contributed by atoms with Gasteiger partial charge < -0.3 is 9.47 Å². The number of amides is 2. The van der Waals surface area contributed by atoms with Gasteiger partial charge in [0.15, 0.2) is 5.82 Å². The smallest absolute Gasteiger partial charge is 0.314 e. The molecular weight excluding hydrogens is 395 g/mol. The average molecular weight is 419 g/mol. The molecule has 3 aliphatic rings. The van der Waals surface area contributed by atoms with Crippen molar-refractivity contribution in [3.63, 3.8) is 0 Å². The van der Waals surface area contributed by atoms with E-state index in [-0.39, 0.29) is 30.6 Å². The lowest BCUT2D eigenvalue weighted by molar-refractivity contribution is -0.138. The van der Waals surface area contributed by atoms with Gasteiger partial charge in [-0.2, -0.15) is 13.2 Å². The number of halogens is 3. The molecule has 30 heavy (non-hydrogen) atoms. The summed E-state index contributed by atoms with van der Waals surface area (Å²) in [6.07, 6.45) is 1.66. The summed E-state index contributed by atoms with van der Waals surface area (Å²) in [5.74, 6) is 1.80. The number of hydrogen-bond donors (Lipinski definition) is 0. The molecule has 1 atom stereocenters. The molecular formula is C21H24F3N5O. The molecule has 2 aromatic rings. The van der Waals surface area contributed by atoms with Crippen molar-refractivity contribution in [2.24, 2.45) is 0 Å². The zero-order chi connectivity index (χ0) is 20.9. The van der Waals surface area contributed by atoms with Crippen LogP contribution in [0.4, 0.5) is 23.7 Å². The van der Waals surface area contributed by atoms with Gasteiger partial charge in [0.05, 0.1) is 11.6 Å². The largest absolute Gasteiger partial charge is 0.416 e. The number of fused-ring (bicyclic) bond motifs is 2. The predicted molar refractivity (Wildman–Crippen MR) is 104 cm³/mol. The maximum Gasteiger partial charge on any atom is 0.416 e.